The highest BCUT2D eigenvalue weighted by molar-refractivity contribution is 5.51. The quantitative estimate of drug-likeness (QED) is 0.829. The molecule has 1 aliphatic rings. The molecule has 0 fully saturated rings. The van der Waals surface area contributed by atoms with E-state index in [1.54, 1.807) is 7.11 Å². The first-order valence-corrected chi connectivity index (χ1v) is 7.61. The van der Waals surface area contributed by atoms with Crippen molar-refractivity contribution in [3.63, 3.8) is 0 Å². The first-order valence-electron chi connectivity index (χ1n) is 7.61. The van der Waals surface area contributed by atoms with Gasteiger partial charge in [0, 0.05) is 38.0 Å². The Balaban J connectivity index is 2.30. The summed E-state index contributed by atoms with van der Waals surface area (Å²) >= 11 is 0. The molecular weight excluding hydrogens is 250 g/mol. The molecule has 1 aliphatic carbocycles. The van der Waals surface area contributed by atoms with Crippen LogP contribution in [0.25, 0.3) is 0 Å². The van der Waals surface area contributed by atoms with Crippen LogP contribution in [0.3, 0.4) is 0 Å². The van der Waals surface area contributed by atoms with E-state index >= 15 is 0 Å². The second kappa shape index (κ2) is 7.04. The fourth-order valence-electron chi connectivity index (χ4n) is 2.86. The van der Waals surface area contributed by atoms with Gasteiger partial charge >= 0.3 is 0 Å². The van der Waals surface area contributed by atoms with Crippen LogP contribution in [0.5, 0.6) is 0 Å². The fourth-order valence-corrected chi connectivity index (χ4v) is 2.86. The van der Waals surface area contributed by atoms with Gasteiger partial charge in [0.15, 0.2) is 0 Å². The normalized spacial score (nSPS) is 13.8. The summed E-state index contributed by atoms with van der Waals surface area (Å²) in [5.41, 5.74) is 9.77. The number of anilines is 1. The Hall–Kier alpha value is -1.13. The molecular formula is C16H27N3O. The molecule has 0 bridgehead atoms. The Bertz CT molecular complexity index is 446. The zero-order valence-corrected chi connectivity index (χ0v) is 13.0. The molecule has 2 rings (SSSR count). The third-order valence-corrected chi connectivity index (χ3v) is 3.78. The summed E-state index contributed by atoms with van der Waals surface area (Å²) in [4.78, 5) is 7.25. The van der Waals surface area contributed by atoms with Crippen molar-refractivity contribution in [3.8, 4) is 0 Å². The lowest BCUT2D eigenvalue weighted by Crippen LogP contribution is -2.33. The molecule has 0 unspecified atom stereocenters. The molecule has 0 saturated carbocycles. The van der Waals surface area contributed by atoms with E-state index in [1.807, 2.05) is 0 Å². The minimum absolute atomic E-state index is 0.553. The van der Waals surface area contributed by atoms with E-state index in [4.69, 9.17) is 15.5 Å². The van der Waals surface area contributed by atoms with E-state index in [0.29, 0.717) is 12.5 Å². The summed E-state index contributed by atoms with van der Waals surface area (Å²) in [7, 11) is 1.74. The minimum atomic E-state index is 0.553. The number of aryl methyl sites for hydroxylation is 2. The topological polar surface area (TPSA) is 51.4 Å². The zero-order chi connectivity index (χ0) is 14.5. The van der Waals surface area contributed by atoms with Crippen LogP contribution in [0.1, 0.15) is 37.1 Å². The largest absolute Gasteiger partial charge is 0.383 e. The van der Waals surface area contributed by atoms with Crippen LogP contribution in [0, 0.1) is 5.92 Å². The van der Waals surface area contributed by atoms with Gasteiger partial charge in [0.25, 0.3) is 0 Å². The van der Waals surface area contributed by atoms with Crippen LogP contribution < -0.4 is 10.6 Å². The Morgan fingerprint density at radius 3 is 2.85 bits per heavy atom. The van der Waals surface area contributed by atoms with E-state index < -0.39 is 0 Å². The summed E-state index contributed by atoms with van der Waals surface area (Å²) in [5.74, 6) is 1.66. The van der Waals surface area contributed by atoms with Crippen LogP contribution in [0.2, 0.25) is 0 Å². The molecule has 0 aliphatic heterocycles. The zero-order valence-electron chi connectivity index (χ0n) is 13.0. The van der Waals surface area contributed by atoms with Gasteiger partial charge in [-0.25, -0.2) is 4.98 Å². The van der Waals surface area contributed by atoms with E-state index in [-0.39, 0.29) is 0 Å². The van der Waals surface area contributed by atoms with Crippen molar-refractivity contribution in [2.75, 3.05) is 31.7 Å². The van der Waals surface area contributed by atoms with Crippen molar-refractivity contribution in [1.29, 1.82) is 0 Å². The maximum Gasteiger partial charge on any atom is 0.133 e. The smallest absolute Gasteiger partial charge is 0.133 e. The Morgan fingerprint density at radius 2 is 2.20 bits per heavy atom. The minimum Gasteiger partial charge on any atom is -0.383 e. The first kappa shape index (κ1) is 15.3. The monoisotopic (exact) mass is 277 g/mol. The van der Waals surface area contributed by atoms with Crippen LogP contribution in [-0.4, -0.2) is 31.8 Å². The first-order chi connectivity index (χ1) is 9.65. The predicted molar refractivity (Wildman–Crippen MR) is 83.1 cm³/mol. The molecule has 0 atom stereocenters. The van der Waals surface area contributed by atoms with Crippen LogP contribution in [0.15, 0.2) is 6.07 Å². The van der Waals surface area contributed by atoms with Gasteiger partial charge in [-0.15, -0.1) is 0 Å². The van der Waals surface area contributed by atoms with Crippen LogP contribution >= 0.6 is 0 Å². The molecule has 0 amide bonds. The number of nitrogens with two attached hydrogens (primary N) is 1. The number of rotatable bonds is 7. The van der Waals surface area contributed by atoms with Crippen molar-refractivity contribution in [2.24, 2.45) is 11.7 Å². The SMILES string of the molecule is COCCN(CC(C)C)c1nc2c(cc1CN)CCC2. The maximum absolute atomic E-state index is 5.94. The Labute approximate surface area is 122 Å². The Kier molecular flexibility index (Phi) is 5.38. The summed E-state index contributed by atoms with van der Waals surface area (Å²) in [6, 6.07) is 2.27. The standard InChI is InChI=1S/C16H27N3O/c1-12(2)11-19(7-8-20-3)16-14(10-17)9-13-5-4-6-15(13)18-16/h9,12H,4-8,10-11,17H2,1-3H3. The van der Waals surface area contributed by atoms with Gasteiger partial charge < -0.3 is 15.4 Å². The van der Waals surface area contributed by atoms with E-state index in [2.05, 4.69) is 24.8 Å². The average Bonchev–Trinajstić information content (AvgIpc) is 2.88. The molecule has 1 aromatic heterocycles. The van der Waals surface area contributed by atoms with Gasteiger partial charge in [0.2, 0.25) is 0 Å². The molecule has 4 heteroatoms. The molecule has 0 spiro atoms. The fraction of sp³-hybridized carbons (Fsp3) is 0.688. The number of fused-ring (bicyclic) bond motifs is 1. The highest BCUT2D eigenvalue weighted by atomic mass is 16.5. The average molecular weight is 277 g/mol. The number of aromatic nitrogens is 1. The van der Waals surface area contributed by atoms with E-state index in [1.165, 1.54) is 23.2 Å². The Morgan fingerprint density at radius 1 is 1.40 bits per heavy atom. The van der Waals surface area contributed by atoms with Crippen molar-refractivity contribution in [2.45, 2.75) is 39.7 Å². The van der Waals surface area contributed by atoms with E-state index in [9.17, 15) is 0 Å². The van der Waals surface area contributed by atoms with Crippen molar-refractivity contribution in [3.05, 3.63) is 22.9 Å². The second-order valence-electron chi connectivity index (χ2n) is 5.97. The predicted octanol–water partition coefficient (Wildman–Crippen LogP) is 2.14. The summed E-state index contributed by atoms with van der Waals surface area (Å²) in [5, 5.41) is 0. The number of hydrogen-bond acceptors (Lipinski definition) is 4. The van der Waals surface area contributed by atoms with Gasteiger partial charge in [-0.05, 0) is 36.8 Å². The molecule has 0 radical (unpaired) electrons. The molecule has 0 saturated heterocycles. The lowest BCUT2D eigenvalue weighted by atomic mass is 10.1. The maximum atomic E-state index is 5.94. The lowest BCUT2D eigenvalue weighted by Gasteiger charge is -2.28. The van der Waals surface area contributed by atoms with Crippen molar-refractivity contribution < 1.29 is 4.74 Å². The number of methoxy groups -OCH3 is 1. The molecule has 112 valence electrons. The van der Waals surface area contributed by atoms with Crippen molar-refractivity contribution in [1.82, 2.24) is 4.98 Å². The number of nitrogens with zero attached hydrogens (tertiary/aromatic N) is 2. The second-order valence-corrected chi connectivity index (χ2v) is 5.97. The van der Waals surface area contributed by atoms with Gasteiger partial charge in [-0.3, -0.25) is 0 Å². The van der Waals surface area contributed by atoms with Gasteiger partial charge in [-0.1, -0.05) is 13.8 Å². The molecule has 1 aromatic rings. The van der Waals surface area contributed by atoms with E-state index in [0.717, 1.165) is 38.4 Å². The third-order valence-electron chi connectivity index (χ3n) is 3.78. The summed E-state index contributed by atoms with van der Waals surface area (Å²) in [6.45, 7) is 7.59. The highest BCUT2D eigenvalue weighted by Crippen LogP contribution is 2.27. The van der Waals surface area contributed by atoms with Crippen LogP contribution in [-0.2, 0) is 24.1 Å². The van der Waals surface area contributed by atoms with Gasteiger partial charge in [0.1, 0.15) is 5.82 Å². The summed E-state index contributed by atoms with van der Waals surface area (Å²) < 4.78 is 5.24. The molecule has 1 heterocycles. The lowest BCUT2D eigenvalue weighted by molar-refractivity contribution is 0.204. The molecule has 4 nitrogen and oxygen atoms in total. The van der Waals surface area contributed by atoms with Crippen molar-refractivity contribution >= 4 is 5.82 Å². The number of pyridine rings is 1. The molecule has 2 N–H and O–H groups in total. The molecule has 0 aromatic carbocycles. The number of ether oxygens (including phenoxy) is 1. The van der Waals surface area contributed by atoms with Gasteiger partial charge in [0.05, 0.1) is 6.61 Å². The van der Waals surface area contributed by atoms with Crippen LogP contribution in [0.4, 0.5) is 5.82 Å². The third kappa shape index (κ3) is 3.49. The highest BCUT2D eigenvalue weighted by Gasteiger charge is 2.19. The van der Waals surface area contributed by atoms with Gasteiger partial charge in [-0.2, -0.15) is 0 Å². The number of hydrogen-bond donors (Lipinski definition) is 1. The summed E-state index contributed by atoms with van der Waals surface area (Å²) in [6.07, 6.45) is 3.48. The molecule has 20 heavy (non-hydrogen) atoms.